The molecule has 8 aromatic carbocycles. The van der Waals surface area contributed by atoms with Crippen LogP contribution in [0, 0.1) is 0 Å². The van der Waals surface area contributed by atoms with Crippen LogP contribution in [0.15, 0.2) is 187 Å². The lowest BCUT2D eigenvalue weighted by Crippen LogP contribution is -2.33. The Kier molecular flexibility index (Phi) is 6.71. The lowest BCUT2D eigenvalue weighted by Gasteiger charge is -2.29. The zero-order chi connectivity index (χ0) is 37.8. The van der Waals surface area contributed by atoms with Crippen LogP contribution in [0.4, 0.5) is 5.69 Å². The number of fused-ring (bicyclic) bond motifs is 10. The van der Waals surface area contributed by atoms with Gasteiger partial charge in [-0.1, -0.05) is 123 Å². The molecule has 2 aliphatic rings. The number of hydrogen-bond donors (Lipinski definition) is 1. The predicted molar refractivity (Wildman–Crippen MR) is 237 cm³/mol. The Morgan fingerprint density at radius 2 is 1.30 bits per heavy atom. The molecule has 10 aromatic rings. The average molecular weight is 731 g/mol. The lowest BCUT2D eigenvalue weighted by molar-refractivity contribution is 0.656. The van der Waals surface area contributed by atoms with Crippen molar-refractivity contribution in [3.63, 3.8) is 0 Å². The monoisotopic (exact) mass is 730 g/mol. The van der Waals surface area contributed by atoms with Crippen molar-refractivity contribution in [2.75, 3.05) is 0 Å². The Morgan fingerprint density at radius 1 is 0.561 bits per heavy atom. The van der Waals surface area contributed by atoms with Gasteiger partial charge < -0.3 is 14.5 Å². The first-order valence-corrected chi connectivity index (χ1v) is 19.8. The van der Waals surface area contributed by atoms with Gasteiger partial charge in [-0.25, -0.2) is 4.99 Å². The van der Waals surface area contributed by atoms with Gasteiger partial charge in [0.1, 0.15) is 5.84 Å². The van der Waals surface area contributed by atoms with Crippen molar-refractivity contribution < 1.29 is 0 Å². The van der Waals surface area contributed by atoms with Crippen LogP contribution in [0.3, 0.4) is 0 Å². The summed E-state index contributed by atoms with van der Waals surface area (Å²) in [6.07, 6.45) is 2.20. The maximum absolute atomic E-state index is 5.21. The highest BCUT2D eigenvalue weighted by Gasteiger charge is 2.36. The standard InChI is InChI=1S/C53H38N4/c1-53(2)44-18-10-8-16-40(44)41-26-22-37(31-45(41)53)50-42-17-9-11-19-46(42)54-52(55-50)34-20-24-39(25-21-34)57-47-27-23-33-28-29-56(38-14-4-3-5-15-38)51(33)49(47)43-30-35-12-6-7-13-36(35)32-48(43)57/h3-32,50H,1-2H3,(H,54,55). The molecule has 0 saturated heterocycles. The third kappa shape index (κ3) is 4.71. The summed E-state index contributed by atoms with van der Waals surface area (Å²) < 4.78 is 4.77. The molecule has 0 bridgehead atoms. The molecule has 57 heavy (non-hydrogen) atoms. The second kappa shape index (κ2) is 11.9. The van der Waals surface area contributed by atoms with Gasteiger partial charge in [0.05, 0.1) is 28.3 Å². The summed E-state index contributed by atoms with van der Waals surface area (Å²) in [5.74, 6) is 0.879. The van der Waals surface area contributed by atoms with E-state index in [2.05, 4.69) is 210 Å². The topological polar surface area (TPSA) is 34.2 Å². The van der Waals surface area contributed by atoms with Gasteiger partial charge in [0.15, 0.2) is 0 Å². The van der Waals surface area contributed by atoms with Crippen molar-refractivity contribution in [2.24, 2.45) is 4.99 Å². The van der Waals surface area contributed by atoms with Gasteiger partial charge >= 0.3 is 0 Å². The van der Waals surface area contributed by atoms with Crippen molar-refractivity contribution in [2.45, 2.75) is 25.3 Å². The highest BCUT2D eigenvalue weighted by atomic mass is 15.1. The minimum atomic E-state index is -0.0710. The van der Waals surface area contributed by atoms with E-state index in [0.29, 0.717) is 0 Å². The molecular weight excluding hydrogens is 693 g/mol. The van der Waals surface area contributed by atoms with Crippen molar-refractivity contribution in [3.05, 3.63) is 210 Å². The van der Waals surface area contributed by atoms with E-state index in [1.807, 2.05) is 0 Å². The molecule has 0 spiro atoms. The van der Waals surface area contributed by atoms with Gasteiger partial charge in [-0.15, -0.1) is 0 Å². The number of aromatic nitrogens is 2. The fourth-order valence-corrected chi connectivity index (χ4v) is 9.78. The van der Waals surface area contributed by atoms with Crippen LogP contribution in [0.25, 0.3) is 66.0 Å². The van der Waals surface area contributed by atoms with E-state index in [4.69, 9.17) is 4.99 Å². The lowest BCUT2D eigenvalue weighted by atomic mass is 9.81. The van der Waals surface area contributed by atoms with E-state index in [0.717, 1.165) is 28.5 Å². The Labute approximate surface area is 331 Å². The zero-order valence-electron chi connectivity index (χ0n) is 31.7. The molecule has 0 radical (unpaired) electrons. The van der Waals surface area contributed by atoms with E-state index in [-0.39, 0.29) is 11.5 Å². The third-order valence-corrected chi connectivity index (χ3v) is 12.6. The minimum Gasteiger partial charge on any atom is -0.359 e. The van der Waals surface area contributed by atoms with Crippen molar-refractivity contribution in [1.82, 2.24) is 14.5 Å². The first-order chi connectivity index (χ1) is 28.0. The van der Waals surface area contributed by atoms with Gasteiger partial charge in [0, 0.05) is 50.3 Å². The molecule has 1 atom stereocenters. The number of nitrogens with one attached hydrogen (secondary N) is 1. The van der Waals surface area contributed by atoms with Crippen LogP contribution >= 0.6 is 0 Å². The highest BCUT2D eigenvalue weighted by molar-refractivity contribution is 6.23. The number of aliphatic imine (C=N–C) groups is 1. The third-order valence-electron chi connectivity index (χ3n) is 12.6. The van der Waals surface area contributed by atoms with Gasteiger partial charge in [0.25, 0.3) is 0 Å². The summed E-state index contributed by atoms with van der Waals surface area (Å²) in [4.78, 5) is 5.21. The van der Waals surface area contributed by atoms with Gasteiger partial charge in [-0.3, -0.25) is 0 Å². The molecule has 0 amide bonds. The van der Waals surface area contributed by atoms with Crippen LogP contribution in [0.2, 0.25) is 0 Å². The summed E-state index contributed by atoms with van der Waals surface area (Å²) in [6, 6.07) is 64.2. The van der Waals surface area contributed by atoms with Gasteiger partial charge in [0.2, 0.25) is 0 Å². The van der Waals surface area contributed by atoms with Crippen LogP contribution < -0.4 is 5.32 Å². The second-order valence-electron chi connectivity index (χ2n) is 16.1. The Bertz CT molecular complexity index is 3290. The summed E-state index contributed by atoms with van der Waals surface area (Å²) in [5, 5.41) is 10.1. The molecule has 2 aromatic heterocycles. The molecule has 1 N–H and O–H groups in total. The van der Waals surface area contributed by atoms with Crippen LogP contribution in [-0.4, -0.2) is 15.0 Å². The minimum absolute atomic E-state index is 0.0351. The van der Waals surface area contributed by atoms with E-state index < -0.39 is 0 Å². The zero-order valence-corrected chi connectivity index (χ0v) is 31.7. The summed E-state index contributed by atoms with van der Waals surface area (Å²) >= 11 is 0. The largest absolute Gasteiger partial charge is 0.359 e. The molecule has 0 saturated carbocycles. The maximum atomic E-state index is 5.21. The number of para-hydroxylation sites is 2. The van der Waals surface area contributed by atoms with Gasteiger partial charge in [-0.05, 0) is 105 Å². The fraction of sp³-hybridized carbons (Fsp3) is 0.0755. The molecule has 270 valence electrons. The second-order valence-corrected chi connectivity index (χ2v) is 16.1. The molecule has 1 aliphatic heterocycles. The Hall–Kier alpha value is -7.17. The molecule has 1 aliphatic carbocycles. The van der Waals surface area contributed by atoms with Crippen molar-refractivity contribution in [3.8, 4) is 22.5 Å². The summed E-state index contributed by atoms with van der Waals surface area (Å²) in [6.45, 7) is 4.70. The van der Waals surface area contributed by atoms with Crippen molar-refractivity contribution >= 4 is 55.0 Å². The van der Waals surface area contributed by atoms with Gasteiger partial charge in [-0.2, -0.15) is 0 Å². The molecule has 4 heteroatoms. The summed E-state index contributed by atoms with van der Waals surface area (Å²) in [5.41, 5.74) is 15.7. The number of nitrogens with zero attached hydrogens (tertiary/aromatic N) is 3. The van der Waals surface area contributed by atoms with Crippen molar-refractivity contribution in [1.29, 1.82) is 0 Å². The van der Waals surface area contributed by atoms with Crippen LogP contribution in [0.1, 0.15) is 47.7 Å². The quantitative estimate of drug-likeness (QED) is 0.192. The smallest absolute Gasteiger partial charge is 0.134 e. The van der Waals surface area contributed by atoms with E-state index in [9.17, 15) is 0 Å². The van der Waals surface area contributed by atoms with Crippen LogP contribution in [0.5, 0.6) is 0 Å². The summed E-state index contributed by atoms with van der Waals surface area (Å²) in [7, 11) is 0. The number of amidine groups is 1. The molecule has 4 nitrogen and oxygen atoms in total. The first kappa shape index (κ1) is 32.1. The first-order valence-electron chi connectivity index (χ1n) is 19.8. The van der Waals surface area contributed by atoms with E-state index >= 15 is 0 Å². The average Bonchev–Trinajstić information content (AvgIpc) is 3.91. The Balaban J connectivity index is 0.984. The Morgan fingerprint density at radius 3 is 2.16 bits per heavy atom. The van der Waals surface area contributed by atoms with Crippen LogP contribution in [-0.2, 0) is 5.41 Å². The number of hydrogen-bond acceptors (Lipinski definition) is 2. The number of benzene rings is 8. The molecular formula is C53H38N4. The SMILES string of the molecule is CC1(C)c2ccccc2-c2ccc(C3NC(c4ccc(-n5c6cc7ccccc7cc6c6c7c(ccc65)ccn7-c5ccccc5)cc4)=Nc4ccccc43)cc21. The normalized spacial score (nSPS) is 15.4. The predicted octanol–water partition coefficient (Wildman–Crippen LogP) is 13.0. The highest BCUT2D eigenvalue weighted by Crippen LogP contribution is 2.50. The molecule has 3 heterocycles. The van der Waals surface area contributed by atoms with E-state index in [1.165, 1.54) is 76.9 Å². The fourth-order valence-electron chi connectivity index (χ4n) is 9.78. The molecule has 0 fully saturated rings. The van der Waals surface area contributed by atoms with E-state index in [1.54, 1.807) is 0 Å². The number of rotatable bonds is 4. The maximum Gasteiger partial charge on any atom is 0.134 e. The molecule has 12 rings (SSSR count). The molecule has 1 unspecified atom stereocenters.